The van der Waals surface area contributed by atoms with Crippen LogP contribution in [-0.4, -0.2) is 25.5 Å². The fraction of sp³-hybridized carbons (Fsp3) is 0.848. The minimum Gasteiger partial charge on any atom is -0.499 e. The van der Waals surface area contributed by atoms with E-state index in [0.717, 1.165) is 76.3 Å². The summed E-state index contributed by atoms with van der Waals surface area (Å²) in [5.74, 6) is 2.31. The maximum absolute atomic E-state index is 12.2. The summed E-state index contributed by atoms with van der Waals surface area (Å²) in [6.07, 6.45) is 49.5. The quantitative estimate of drug-likeness (QED) is 0.0395. The van der Waals surface area contributed by atoms with Gasteiger partial charge in [0.15, 0.2) is 0 Å². The summed E-state index contributed by atoms with van der Waals surface area (Å²) >= 11 is 0. The predicted molar refractivity (Wildman–Crippen MR) is 220 cm³/mol. The zero-order valence-electron chi connectivity index (χ0n) is 33.7. The Kier molecular flexibility index (Phi) is 39.9. The van der Waals surface area contributed by atoms with Crippen LogP contribution in [0.1, 0.15) is 226 Å². The maximum Gasteiger partial charge on any atom is 0.132 e. The molecule has 288 valence electrons. The minimum atomic E-state index is 0.459. The van der Waals surface area contributed by atoms with E-state index in [0.29, 0.717) is 5.78 Å². The molecule has 0 aliphatic heterocycles. The Morgan fingerprint density at radius 1 is 0.531 bits per heavy atom. The number of carbonyl (C=O) groups is 1. The molecule has 49 heavy (non-hydrogen) atoms. The number of unbranched alkanes of at least 4 members (excludes halogenated alkanes) is 20. The number of allylic oxidation sites excluding steroid dienone is 5. The summed E-state index contributed by atoms with van der Waals surface area (Å²) in [6.45, 7) is 13.8. The number of rotatable bonds is 41. The van der Waals surface area contributed by atoms with E-state index >= 15 is 0 Å². The first-order valence-corrected chi connectivity index (χ1v) is 21.9. The highest BCUT2D eigenvalue weighted by Gasteiger charge is 2.03. The topological polar surface area (TPSA) is 38.3 Å². The molecule has 0 spiro atoms. The van der Waals surface area contributed by atoms with Gasteiger partial charge in [-0.05, 0) is 102 Å². The van der Waals surface area contributed by atoms with Crippen molar-refractivity contribution < 1.29 is 9.53 Å². The first kappa shape index (κ1) is 47.7. The minimum absolute atomic E-state index is 0.459. The molecule has 0 bridgehead atoms. The lowest BCUT2D eigenvalue weighted by Crippen LogP contribution is -2.18. The summed E-state index contributed by atoms with van der Waals surface area (Å²) in [4.78, 5) is 12.2. The monoisotopic (exact) mass is 686 g/mol. The van der Waals surface area contributed by atoms with Gasteiger partial charge in [0.1, 0.15) is 5.78 Å². The second-order valence-electron chi connectivity index (χ2n) is 15.1. The van der Waals surface area contributed by atoms with Gasteiger partial charge >= 0.3 is 0 Å². The van der Waals surface area contributed by atoms with Crippen LogP contribution < -0.4 is 5.32 Å². The summed E-state index contributed by atoms with van der Waals surface area (Å²) in [5, 5.41) is 3.51. The lowest BCUT2D eigenvalue weighted by Gasteiger charge is -2.10. The fourth-order valence-electron chi connectivity index (χ4n) is 6.52. The third-order valence-corrected chi connectivity index (χ3v) is 9.94. The highest BCUT2D eigenvalue weighted by Crippen LogP contribution is 2.17. The van der Waals surface area contributed by atoms with Crippen molar-refractivity contribution in [2.45, 2.75) is 226 Å². The van der Waals surface area contributed by atoms with Gasteiger partial charge in [-0.2, -0.15) is 0 Å². The number of ether oxygens (including phenoxy) is 1. The Morgan fingerprint density at radius 2 is 0.959 bits per heavy atom. The molecule has 0 saturated carbocycles. The second kappa shape index (κ2) is 41.1. The molecule has 1 unspecified atom stereocenters. The molecule has 3 heteroatoms. The van der Waals surface area contributed by atoms with E-state index in [9.17, 15) is 4.79 Å². The molecule has 0 fully saturated rings. The number of ketones is 1. The van der Waals surface area contributed by atoms with Crippen molar-refractivity contribution in [3.8, 4) is 0 Å². The number of Topliss-reactive ketones (excluding diaryl/α,β-unsaturated/α-hetero) is 1. The highest BCUT2D eigenvalue weighted by molar-refractivity contribution is 5.78. The lowest BCUT2D eigenvalue weighted by atomic mass is 9.97. The normalized spacial score (nSPS) is 12.4. The molecule has 1 atom stereocenters. The summed E-state index contributed by atoms with van der Waals surface area (Å²) < 4.78 is 5.84. The Labute approximate surface area is 308 Å². The molecule has 0 aromatic rings. The van der Waals surface area contributed by atoms with Gasteiger partial charge in [-0.25, -0.2) is 0 Å². The van der Waals surface area contributed by atoms with E-state index in [4.69, 9.17) is 4.74 Å². The molecule has 0 heterocycles. The van der Waals surface area contributed by atoms with Gasteiger partial charge < -0.3 is 10.1 Å². The molecule has 0 aliphatic rings. The van der Waals surface area contributed by atoms with Gasteiger partial charge in [0.05, 0.1) is 12.4 Å². The molecule has 0 aromatic heterocycles. The Balaban J connectivity index is 3.33. The van der Waals surface area contributed by atoms with Crippen molar-refractivity contribution in [3.63, 3.8) is 0 Å². The smallest absolute Gasteiger partial charge is 0.132 e. The van der Waals surface area contributed by atoms with Gasteiger partial charge in [0.25, 0.3) is 0 Å². The Morgan fingerprint density at radius 3 is 1.55 bits per heavy atom. The molecule has 0 aliphatic carbocycles. The van der Waals surface area contributed by atoms with Crippen LogP contribution in [-0.2, 0) is 9.53 Å². The summed E-state index contributed by atoms with van der Waals surface area (Å²) in [5.41, 5.74) is 0. The van der Waals surface area contributed by atoms with E-state index in [1.54, 1.807) is 0 Å². The van der Waals surface area contributed by atoms with Crippen molar-refractivity contribution in [2.75, 3.05) is 19.7 Å². The van der Waals surface area contributed by atoms with Crippen LogP contribution in [0, 0.1) is 5.92 Å². The van der Waals surface area contributed by atoms with Gasteiger partial charge in [-0.1, -0.05) is 154 Å². The van der Waals surface area contributed by atoms with Gasteiger partial charge in [-0.3, -0.25) is 4.79 Å². The van der Waals surface area contributed by atoms with Crippen molar-refractivity contribution in [3.05, 3.63) is 36.6 Å². The van der Waals surface area contributed by atoms with Crippen LogP contribution in [0.5, 0.6) is 0 Å². The molecule has 3 nitrogen and oxygen atoms in total. The fourth-order valence-corrected chi connectivity index (χ4v) is 6.52. The van der Waals surface area contributed by atoms with Crippen LogP contribution in [0.25, 0.3) is 0 Å². The van der Waals surface area contributed by atoms with E-state index in [-0.39, 0.29) is 0 Å². The number of nitrogens with one attached hydrogen (secondary N) is 1. The van der Waals surface area contributed by atoms with Crippen molar-refractivity contribution in [2.24, 2.45) is 5.92 Å². The van der Waals surface area contributed by atoms with Crippen LogP contribution in [0.2, 0.25) is 0 Å². The Hall–Kier alpha value is -1.35. The van der Waals surface area contributed by atoms with Gasteiger partial charge in [0.2, 0.25) is 0 Å². The van der Waals surface area contributed by atoms with Crippen LogP contribution in [0.15, 0.2) is 36.6 Å². The van der Waals surface area contributed by atoms with Crippen LogP contribution >= 0.6 is 0 Å². The maximum atomic E-state index is 12.2. The highest BCUT2D eigenvalue weighted by atomic mass is 16.5. The first-order valence-electron chi connectivity index (χ1n) is 21.9. The molecule has 1 N–H and O–H groups in total. The first-order chi connectivity index (χ1) is 24.1. The van der Waals surface area contributed by atoms with Crippen molar-refractivity contribution in [1.82, 2.24) is 5.32 Å². The second-order valence-corrected chi connectivity index (χ2v) is 15.1. The number of hydrogen-bond acceptors (Lipinski definition) is 3. The molecule has 0 saturated heterocycles. The lowest BCUT2D eigenvalue weighted by molar-refractivity contribution is -0.119. The van der Waals surface area contributed by atoms with Crippen LogP contribution in [0.4, 0.5) is 0 Å². The SMILES string of the molecule is C=C(CCCCCCC/C=C\CCCCCCCC)OCCCNCCCCC(=O)CCCCCCC/C=C\CCCC(C)CCCCC. The zero-order valence-corrected chi connectivity index (χ0v) is 33.7. The van der Waals surface area contributed by atoms with E-state index in [2.05, 4.69) is 57.0 Å². The van der Waals surface area contributed by atoms with E-state index in [1.807, 2.05) is 0 Å². The summed E-state index contributed by atoms with van der Waals surface area (Å²) in [6, 6.07) is 0. The van der Waals surface area contributed by atoms with Crippen molar-refractivity contribution >= 4 is 5.78 Å². The largest absolute Gasteiger partial charge is 0.499 e. The van der Waals surface area contributed by atoms with E-state index in [1.165, 1.54) is 161 Å². The molecular weight excluding hydrogens is 599 g/mol. The van der Waals surface area contributed by atoms with E-state index < -0.39 is 0 Å². The van der Waals surface area contributed by atoms with Gasteiger partial charge in [-0.15, -0.1) is 0 Å². The number of hydrogen-bond donors (Lipinski definition) is 1. The zero-order chi connectivity index (χ0) is 35.7. The molecule has 0 radical (unpaired) electrons. The molecule has 0 aromatic carbocycles. The van der Waals surface area contributed by atoms with Crippen molar-refractivity contribution in [1.29, 1.82) is 0 Å². The average molecular weight is 686 g/mol. The molecule has 0 rings (SSSR count). The molecular formula is C46H87NO2. The molecule has 0 amide bonds. The average Bonchev–Trinajstić information content (AvgIpc) is 3.09. The summed E-state index contributed by atoms with van der Waals surface area (Å²) in [7, 11) is 0. The van der Waals surface area contributed by atoms with Gasteiger partial charge in [0, 0.05) is 19.3 Å². The third kappa shape index (κ3) is 41.0. The standard InChI is InChI=1S/C46H87NO2/c1-5-7-9-10-11-12-13-14-15-16-17-21-24-27-31-38-45(4)49-43-35-42-47-41-34-33-40-46(48)39-32-28-25-22-19-18-20-23-26-30-37-44(3)36-29-8-6-2/h14-15,20,23,44,47H,4-13,16-19,21-22,24-43H2,1-3H3/b15-14-,23-20-. The Bertz CT molecular complexity index is 741. The predicted octanol–water partition coefficient (Wildman–Crippen LogP) is 14.9. The third-order valence-electron chi connectivity index (χ3n) is 9.94. The number of carbonyl (C=O) groups excluding carboxylic acids is 1. The van der Waals surface area contributed by atoms with Crippen LogP contribution in [0.3, 0.4) is 0 Å².